The van der Waals surface area contributed by atoms with Crippen molar-refractivity contribution in [3.05, 3.63) is 34.3 Å². The number of halogens is 1. The van der Waals surface area contributed by atoms with Crippen LogP contribution in [0.4, 0.5) is 5.88 Å². The molecule has 2 aromatic rings. The molecule has 0 bridgehead atoms. The highest BCUT2D eigenvalue weighted by Crippen LogP contribution is 2.29. The first-order chi connectivity index (χ1) is 7.61. The highest BCUT2D eigenvalue weighted by molar-refractivity contribution is 6.30. The summed E-state index contributed by atoms with van der Waals surface area (Å²) in [6, 6.07) is 5.79. The highest BCUT2D eigenvalue weighted by atomic mass is 35.5. The van der Waals surface area contributed by atoms with E-state index in [0.717, 1.165) is 28.8 Å². The number of anilines is 1. The zero-order valence-corrected chi connectivity index (χ0v) is 10.0. The van der Waals surface area contributed by atoms with Crippen molar-refractivity contribution >= 4 is 17.5 Å². The summed E-state index contributed by atoms with van der Waals surface area (Å²) in [6.45, 7) is 4.01. The molecule has 0 saturated heterocycles. The molecule has 0 amide bonds. The SMILES string of the molecule is CCc1c(-c2cc(C)cc(Cl)c2)noc1N. The molecule has 0 fully saturated rings. The van der Waals surface area contributed by atoms with Crippen molar-refractivity contribution in [2.24, 2.45) is 0 Å². The summed E-state index contributed by atoms with van der Waals surface area (Å²) < 4.78 is 5.01. The normalized spacial score (nSPS) is 10.7. The van der Waals surface area contributed by atoms with Gasteiger partial charge < -0.3 is 10.3 Å². The molecule has 0 saturated carbocycles. The fraction of sp³-hybridized carbons (Fsp3) is 0.250. The molecule has 1 heterocycles. The van der Waals surface area contributed by atoms with E-state index in [2.05, 4.69) is 5.16 Å². The van der Waals surface area contributed by atoms with Crippen LogP contribution < -0.4 is 5.73 Å². The summed E-state index contributed by atoms with van der Waals surface area (Å²) in [5, 5.41) is 4.67. The predicted molar refractivity (Wildman–Crippen MR) is 65.5 cm³/mol. The van der Waals surface area contributed by atoms with Crippen LogP contribution in [-0.4, -0.2) is 5.16 Å². The molecule has 1 aromatic carbocycles. The quantitative estimate of drug-likeness (QED) is 0.869. The van der Waals surface area contributed by atoms with Gasteiger partial charge in [-0.1, -0.05) is 23.7 Å². The lowest BCUT2D eigenvalue weighted by Gasteiger charge is -2.02. The molecule has 84 valence electrons. The Morgan fingerprint density at radius 3 is 2.75 bits per heavy atom. The van der Waals surface area contributed by atoms with Crippen molar-refractivity contribution in [2.45, 2.75) is 20.3 Å². The van der Waals surface area contributed by atoms with E-state index >= 15 is 0 Å². The number of nitrogen functional groups attached to an aromatic ring is 1. The van der Waals surface area contributed by atoms with Gasteiger partial charge in [-0.25, -0.2) is 0 Å². The molecular formula is C12H13ClN2O. The van der Waals surface area contributed by atoms with E-state index in [4.69, 9.17) is 21.9 Å². The number of aryl methyl sites for hydroxylation is 1. The van der Waals surface area contributed by atoms with Crippen LogP contribution in [-0.2, 0) is 6.42 Å². The Labute approximate surface area is 99.2 Å². The summed E-state index contributed by atoms with van der Waals surface area (Å²) in [4.78, 5) is 0. The second kappa shape index (κ2) is 4.18. The van der Waals surface area contributed by atoms with Crippen LogP contribution in [0.3, 0.4) is 0 Å². The van der Waals surface area contributed by atoms with Crippen LogP contribution in [0, 0.1) is 6.92 Å². The lowest BCUT2D eigenvalue weighted by atomic mass is 10.0. The molecule has 4 heteroatoms. The van der Waals surface area contributed by atoms with E-state index in [0.29, 0.717) is 10.9 Å². The molecule has 0 aliphatic heterocycles. The lowest BCUT2D eigenvalue weighted by Crippen LogP contribution is -1.90. The fourth-order valence-electron chi connectivity index (χ4n) is 1.76. The van der Waals surface area contributed by atoms with E-state index < -0.39 is 0 Å². The summed E-state index contributed by atoms with van der Waals surface area (Å²) in [6.07, 6.45) is 0.788. The third-order valence-electron chi connectivity index (χ3n) is 2.49. The average molecular weight is 237 g/mol. The Hall–Kier alpha value is -1.48. The zero-order chi connectivity index (χ0) is 11.7. The average Bonchev–Trinajstić information content (AvgIpc) is 2.58. The number of benzene rings is 1. The summed E-state index contributed by atoms with van der Waals surface area (Å²) >= 11 is 6.01. The van der Waals surface area contributed by atoms with E-state index in [9.17, 15) is 0 Å². The molecule has 0 unspecified atom stereocenters. The Morgan fingerprint density at radius 2 is 2.12 bits per heavy atom. The van der Waals surface area contributed by atoms with Crippen molar-refractivity contribution in [3.8, 4) is 11.3 Å². The van der Waals surface area contributed by atoms with Gasteiger partial charge in [0.15, 0.2) is 0 Å². The van der Waals surface area contributed by atoms with E-state index in [1.807, 2.05) is 32.0 Å². The van der Waals surface area contributed by atoms with Crippen LogP contribution in [0.5, 0.6) is 0 Å². The summed E-state index contributed by atoms with van der Waals surface area (Å²) in [5.41, 5.74) is 9.45. The number of nitrogens with zero attached hydrogens (tertiary/aromatic N) is 1. The first-order valence-electron chi connectivity index (χ1n) is 5.13. The lowest BCUT2D eigenvalue weighted by molar-refractivity contribution is 0.438. The number of rotatable bonds is 2. The number of aromatic nitrogens is 1. The fourth-order valence-corrected chi connectivity index (χ4v) is 2.05. The van der Waals surface area contributed by atoms with Crippen molar-refractivity contribution < 1.29 is 4.52 Å². The molecular weight excluding hydrogens is 224 g/mol. The van der Waals surface area contributed by atoms with Crippen LogP contribution in [0.1, 0.15) is 18.1 Å². The van der Waals surface area contributed by atoms with Gasteiger partial charge in [-0.05, 0) is 37.1 Å². The van der Waals surface area contributed by atoms with E-state index in [1.165, 1.54) is 0 Å². The number of nitrogens with two attached hydrogens (primary N) is 1. The molecule has 2 rings (SSSR count). The predicted octanol–water partition coefficient (Wildman–Crippen LogP) is 3.45. The third-order valence-corrected chi connectivity index (χ3v) is 2.71. The summed E-state index contributed by atoms with van der Waals surface area (Å²) in [7, 11) is 0. The van der Waals surface area contributed by atoms with Crippen molar-refractivity contribution in [1.29, 1.82) is 0 Å². The largest absolute Gasteiger partial charge is 0.367 e. The number of hydrogen-bond donors (Lipinski definition) is 1. The second-order valence-electron chi connectivity index (χ2n) is 3.74. The molecule has 0 radical (unpaired) electrons. The van der Waals surface area contributed by atoms with Crippen LogP contribution in [0.25, 0.3) is 11.3 Å². The molecule has 16 heavy (non-hydrogen) atoms. The topological polar surface area (TPSA) is 52.0 Å². The Bertz CT molecular complexity index is 499. The standard InChI is InChI=1S/C12H13ClN2O/c1-3-10-11(15-16-12(10)14)8-4-7(2)5-9(13)6-8/h4-6H,3,14H2,1-2H3. The molecule has 0 aliphatic carbocycles. The van der Waals surface area contributed by atoms with Crippen molar-refractivity contribution in [2.75, 3.05) is 5.73 Å². The van der Waals surface area contributed by atoms with Gasteiger partial charge in [0.1, 0.15) is 5.69 Å². The Morgan fingerprint density at radius 1 is 1.38 bits per heavy atom. The molecule has 2 N–H and O–H groups in total. The van der Waals surface area contributed by atoms with Gasteiger partial charge in [0, 0.05) is 16.1 Å². The van der Waals surface area contributed by atoms with Crippen molar-refractivity contribution in [3.63, 3.8) is 0 Å². The maximum absolute atomic E-state index is 6.01. The van der Waals surface area contributed by atoms with E-state index in [1.54, 1.807) is 0 Å². The monoisotopic (exact) mass is 236 g/mol. The first-order valence-corrected chi connectivity index (χ1v) is 5.51. The molecule has 0 spiro atoms. The molecule has 3 nitrogen and oxygen atoms in total. The maximum Gasteiger partial charge on any atom is 0.225 e. The Kier molecular flexibility index (Phi) is 2.88. The van der Waals surface area contributed by atoms with Gasteiger partial charge in [-0.3, -0.25) is 0 Å². The van der Waals surface area contributed by atoms with Crippen LogP contribution >= 0.6 is 11.6 Å². The summed E-state index contributed by atoms with van der Waals surface area (Å²) in [5.74, 6) is 0.384. The highest BCUT2D eigenvalue weighted by Gasteiger charge is 2.14. The van der Waals surface area contributed by atoms with Gasteiger partial charge in [-0.2, -0.15) is 0 Å². The second-order valence-corrected chi connectivity index (χ2v) is 4.18. The van der Waals surface area contributed by atoms with E-state index in [-0.39, 0.29) is 0 Å². The first kappa shape index (κ1) is 11.0. The number of hydrogen-bond acceptors (Lipinski definition) is 3. The Balaban J connectivity index is 2.58. The van der Waals surface area contributed by atoms with Crippen molar-refractivity contribution in [1.82, 2.24) is 5.16 Å². The maximum atomic E-state index is 6.01. The molecule has 0 aliphatic rings. The minimum atomic E-state index is 0.384. The molecule has 0 atom stereocenters. The zero-order valence-electron chi connectivity index (χ0n) is 9.25. The van der Waals surface area contributed by atoms with Gasteiger partial charge in [-0.15, -0.1) is 0 Å². The molecule has 1 aromatic heterocycles. The third kappa shape index (κ3) is 1.91. The van der Waals surface area contributed by atoms with Gasteiger partial charge >= 0.3 is 0 Å². The van der Waals surface area contributed by atoms with Crippen LogP contribution in [0.15, 0.2) is 22.7 Å². The minimum absolute atomic E-state index is 0.384. The van der Waals surface area contributed by atoms with Crippen LogP contribution in [0.2, 0.25) is 5.02 Å². The minimum Gasteiger partial charge on any atom is -0.367 e. The van der Waals surface area contributed by atoms with Gasteiger partial charge in [0.2, 0.25) is 5.88 Å². The van der Waals surface area contributed by atoms with Gasteiger partial charge in [0.25, 0.3) is 0 Å². The smallest absolute Gasteiger partial charge is 0.225 e. The van der Waals surface area contributed by atoms with Gasteiger partial charge in [0.05, 0.1) is 0 Å².